The first kappa shape index (κ1) is 20.0. The molecule has 2 atom stereocenters. The van der Waals surface area contributed by atoms with E-state index in [0.29, 0.717) is 5.92 Å². The molecule has 0 amide bonds. The van der Waals surface area contributed by atoms with E-state index in [1.54, 1.807) is 24.5 Å². The van der Waals surface area contributed by atoms with Gasteiger partial charge in [0.05, 0.1) is 27.0 Å². The first-order valence-electron chi connectivity index (χ1n) is 9.38. The van der Waals surface area contributed by atoms with Crippen LogP contribution in [0.5, 0.6) is 0 Å². The number of benzene rings is 1. The lowest BCUT2D eigenvalue weighted by atomic mass is 9.79. The molecule has 1 aromatic carbocycles. The van der Waals surface area contributed by atoms with Crippen LogP contribution in [0.25, 0.3) is 0 Å². The van der Waals surface area contributed by atoms with Crippen molar-refractivity contribution in [3.05, 3.63) is 59.7 Å². The van der Waals surface area contributed by atoms with Gasteiger partial charge in [-0.2, -0.15) is 0 Å². The Bertz CT molecular complexity index is 818. The van der Waals surface area contributed by atoms with Crippen LogP contribution < -0.4 is 10.5 Å². The van der Waals surface area contributed by atoms with E-state index in [-0.39, 0.29) is 5.69 Å². The predicted octanol–water partition coefficient (Wildman–Crippen LogP) is 4.29. The van der Waals surface area contributed by atoms with Crippen molar-refractivity contribution in [1.29, 1.82) is 0 Å². The maximum atomic E-state index is 13.8. The SMILES string of the molecule is CC(C)(C)S(=O)N[C@](CCC1CC1)(c1ccncc1)c1ccc(F)c(N)c1. The summed E-state index contributed by atoms with van der Waals surface area (Å²) in [5, 5.41) is 0. The molecule has 1 unspecified atom stereocenters. The number of nitrogens with two attached hydrogens (primary N) is 1. The highest BCUT2D eigenvalue weighted by Gasteiger charge is 2.40. The predicted molar refractivity (Wildman–Crippen MR) is 109 cm³/mol. The minimum atomic E-state index is -1.32. The highest BCUT2D eigenvalue weighted by molar-refractivity contribution is 7.84. The number of rotatable bonds is 7. The van der Waals surface area contributed by atoms with Crippen LogP contribution in [0.15, 0.2) is 42.7 Å². The summed E-state index contributed by atoms with van der Waals surface area (Å²) in [6.07, 6.45) is 7.70. The van der Waals surface area contributed by atoms with Crippen LogP contribution in [-0.4, -0.2) is 13.9 Å². The molecule has 3 rings (SSSR count). The number of nitrogen functional groups attached to an aromatic ring is 1. The van der Waals surface area contributed by atoms with Gasteiger partial charge >= 0.3 is 0 Å². The summed E-state index contributed by atoms with van der Waals surface area (Å²) in [6, 6.07) is 8.65. The van der Waals surface area contributed by atoms with E-state index in [1.165, 1.54) is 18.9 Å². The third-order valence-corrected chi connectivity index (χ3v) is 6.76. The number of anilines is 1. The molecule has 146 valence electrons. The van der Waals surface area contributed by atoms with Gasteiger partial charge in [0.15, 0.2) is 0 Å². The molecule has 0 saturated heterocycles. The summed E-state index contributed by atoms with van der Waals surface area (Å²) in [5.74, 6) is 0.260. The van der Waals surface area contributed by atoms with E-state index < -0.39 is 27.1 Å². The summed E-state index contributed by atoms with van der Waals surface area (Å²) in [7, 11) is -1.32. The van der Waals surface area contributed by atoms with Crippen molar-refractivity contribution < 1.29 is 8.60 Å². The number of nitrogens with zero attached hydrogens (tertiary/aromatic N) is 1. The monoisotopic (exact) mass is 389 g/mol. The summed E-state index contributed by atoms with van der Waals surface area (Å²) < 4.78 is 29.9. The molecular weight excluding hydrogens is 361 g/mol. The van der Waals surface area contributed by atoms with E-state index in [9.17, 15) is 8.60 Å². The molecule has 0 aliphatic heterocycles. The number of halogens is 1. The lowest BCUT2D eigenvalue weighted by Gasteiger charge is -2.38. The molecule has 2 aromatic rings. The summed E-state index contributed by atoms with van der Waals surface area (Å²) in [5.41, 5.74) is 7.06. The van der Waals surface area contributed by atoms with Crippen molar-refractivity contribution in [2.75, 3.05) is 5.73 Å². The molecule has 1 fully saturated rings. The van der Waals surface area contributed by atoms with Crippen LogP contribution in [0.2, 0.25) is 0 Å². The molecule has 0 spiro atoms. The second-order valence-electron chi connectivity index (χ2n) is 8.34. The van der Waals surface area contributed by atoms with E-state index in [2.05, 4.69) is 9.71 Å². The largest absolute Gasteiger partial charge is 0.396 e. The normalized spacial score (nSPS) is 18.1. The Hall–Kier alpha value is -1.79. The highest BCUT2D eigenvalue weighted by atomic mass is 32.2. The first-order chi connectivity index (χ1) is 12.7. The average Bonchev–Trinajstić information content (AvgIpc) is 3.45. The van der Waals surface area contributed by atoms with Crippen molar-refractivity contribution in [3.63, 3.8) is 0 Å². The maximum absolute atomic E-state index is 13.8. The van der Waals surface area contributed by atoms with Crippen LogP contribution >= 0.6 is 0 Å². The lowest BCUT2D eigenvalue weighted by Crippen LogP contribution is -2.49. The molecule has 1 aliphatic carbocycles. The Morgan fingerprint density at radius 3 is 2.41 bits per heavy atom. The van der Waals surface area contributed by atoms with Gasteiger partial charge in [0, 0.05) is 12.4 Å². The first-order valence-corrected chi connectivity index (χ1v) is 10.5. The third-order valence-electron chi connectivity index (χ3n) is 5.11. The average molecular weight is 390 g/mol. The van der Waals surface area contributed by atoms with Gasteiger partial charge in [0.25, 0.3) is 0 Å². The van der Waals surface area contributed by atoms with Gasteiger partial charge in [0.2, 0.25) is 0 Å². The number of nitrogens with one attached hydrogen (secondary N) is 1. The smallest absolute Gasteiger partial charge is 0.146 e. The summed E-state index contributed by atoms with van der Waals surface area (Å²) in [4.78, 5) is 4.13. The Morgan fingerprint density at radius 2 is 1.85 bits per heavy atom. The Balaban J connectivity index is 2.13. The van der Waals surface area contributed by atoms with Gasteiger partial charge in [0.1, 0.15) is 5.82 Å². The van der Waals surface area contributed by atoms with Gasteiger partial charge in [-0.05, 0) is 74.9 Å². The van der Waals surface area contributed by atoms with Gasteiger partial charge < -0.3 is 5.73 Å². The van der Waals surface area contributed by atoms with E-state index in [1.807, 2.05) is 32.9 Å². The van der Waals surface area contributed by atoms with Gasteiger partial charge in [-0.1, -0.05) is 18.9 Å². The van der Waals surface area contributed by atoms with Crippen molar-refractivity contribution in [2.24, 2.45) is 5.92 Å². The highest BCUT2D eigenvalue weighted by Crippen LogP contribution is 2.42. The zero-order valence-corrected chi connectivity index (χ0v) is 17.0. The van der Waals surface area contributed by atoms with E-state index >= 15 is 0 Å². The fourth-order valence-electron chi connectivity index (χ4n) is 3.21. The Labute approximate surface area is 163 Å². The number of hydrogen-bond acceptors (Lipinski definition) is 3. The minimum Gasteiger partial charge on any atom is -0.396 e. The minimum absolute atomic E-state index is 0.0979. The van der Waals surface area contributed by atoms with Gasteiger partial charge in [-0.3, -0.25) is 4.98 Å². The van der Waals surface area contributed by atoms with E-state index in [0.717, 1.165) is 24.0 Å². The molecule has 1 saturated carbocycles. The second-order valence-corrected chi connectivity index (χ2v) is 10.3. The maximum Gasteiger partial charge on any atom is 0.146 e. The van der Waals surface area contributed by atoms with Crippen LogP contribution in [0.4, 0.5) is 10.1 Å². The quantitative estimate of drug-likeness (QED) is 0.694. The fraction of sp³-hybridized carbons (Fsp3) is 0.476. The van der Waals surface area contributed by atoms with Gasteiger partial charge in [-0.25, -0.2) is 13.3 Å². The summed E-state index contributed by atoms with van der Waals surface area (Å²) >= 11 is 0. The zero-order valence-electron chi connectivity index (χ0n) is 16.2. The Morgan fingerprint density at radius 1 is 1.19 bits per heavy atom. The molecule has 1 heterocycles. The summed E-state index contributed by atoms with van der Waals surface area (Å²) in [6.45, 7) is 5.81. The lowest BCUT2D eigenvalue weighted by molar-refractivity contribution is 0.415. The number of hydrogen-bond donors (Lipinski definition) is 2. The van der Waals surface area contributed by atoms with Crippen LogP contribution in [0.1, 0.15) is 57.6 Å². The molecule has 6 heteroatoms. The third kappa shape index (κ3) is 4.55. The van der Waals surface area contributed by atoms with Crippen LogP contribution in [0, 0.1) is 11.7 Å². The van der Waals surface area contributed by atoms with Crippen LogP contribution in [0.3, 0.4) is 0 Å². The van der Waals surface area contributed by atoms with Crippen LogP contribution in [-0.2, 0) is 16.5 Å². The topological polar surface area (TPSA) is 68.0 Å². The molecular formula is C21H28FN3OS. The number of pyridine rings is 1. The fourth-order valence-corrected chi connectivity index (χ4v) is 4.17. The molecule has 1 aliphatic rings. The Kier molecular flexibility index (Phi) is 5.68. The molecule has 3 N–H and O–H groups in total. The molecule has 0 bridgehead atoms. The number of aromatic nitrogens is 1. The van der Waals surface area contributed by atoms with Crippen molar-refractivity contribution in [1.82, 2.24) is 9.71 Å². The standard InChI is InChI=1S/C21H28FN3OS/c1-20(2,3)27(26)25-21(11-8-15-4-5-15,16-9-12-24-13-10-16)17-6-7-18(22)19(23)14-17/h6-7,9-10,12-15,25H,4-5,8,11,23H2,1-3H3/t21-,27?/m1/s1. The van der Waals surface area contributed by atoms with E-state index in [4.69, 9.17) is 5.73 Å². The second kappa shape index (κ2) is 7.68. The van der Waals surface area contributed by atoms with Crippen molar-refractivity contribution >= 4 is 16.7 Å². The van der Waals surface area contributed by atoms with Gasteiger partial charge in [-0.15, -0.1) is 0 Å². The molecule has 27 heavy (non-hydrogen) atoms. The molecule has 0 radical (unpaired) electrons. The van der Waals surface area contributed by atoms with Crippen molar-refractivity contribution in [2.45, 2.75) is 56.7 Å². The zero-order chi connectivity index (χ0) is 19.7. The van der Waals surface area contributed by atoms with Crippen molar-refractivity contribution in [3.8, 4) is 0 Å². The molecule has 4 nitrogen and oxygen atoms in total. The molecule has 1 aromatic heterocycles.